The van der Waals surface area contributed by atoms with Crippen LogP contribution in [0.4, 0.5) is 0 Å². The van der Waals surface area contributed by atoms with E-state index in [2.05, 4.69) is 34.3 Å². The molecule has 20 heavy (non-hydrogen) atoms. The lowest BCUT2D eigenvalue weighted by Crippen LogP contribution is -2.46. The first-order valence-electron chi connectivity index (χ1n) is 6.71. The average molecular weight is 317 g/mol. The van der Waals surface area contributed by atoms with Crippen LogP contribution in [0.15, 0.2) is 6.07 Å². The third-order valence-electron chi connectivity index (χ3n) is 3.56. The van der Waals surface area contributed by atoms with Crippen molar-refractivity contribution in [1.29, 1.82) is 0 Å². The minimum atomic E-state index is -0.241. The maximum absolute atomic E-state index is 12.2. The molecular formula is C13H18Cl2N4O. The van der Waals surface area contributed by atoms with Crippen LogP contribution in [0.1, 0.15) is 37.0 Å². The van der Waals surface area contributed by atoms with Gasteiger partial charge in [0.2, 0.25) is 0 Å². The molecule has 0 unspecified atom stereocenters. The monoisotopic (exact) mass is 316 g/mol. The Kier molecular flexibility index (Phi) is 5.18. The van der Waals surface area contributed by atoms with Gasteiger partial charge < -0.3 is 10.2 Å². The Morgan fingerprint density at radius 1 is 1.35 bits per heavy atom. The van der Waals surface area contributed by atoms with Crippen molar-refractivity contribution in [2.45, 2.75) is 38.8 Å². The van der Waals surface area contributed by atoms with E-state index in [9.17, 15) is 4.79 Å². The van der Waals surface area contributed by atoms with Gasteiger partial charge in [-0.05, 0) is 32.8 Å². The van der Waals surface area contributed by atoms with Gasteiger partial charge in [0.15, 0.2) is 10.3 Å². The van der Waals surface area contributed by atoms with Crippen molar-refractivity contribution in [3.8, 4) is 0 Å². The Balaban J connectivity index is 1.94. The second kappa shape index (κ2) is 6.70. The zero-order chi connectivity index (χ0) is 14.7. The minimum absolute atomic E-state index is 0.0755. The second-order valence-electron chi connectivity index (χ2n) is 5.25. The van der Waals surface area contributed by atoms with E-state index in [4.69, 9.17) is 23.2 Å². The number of likely N-dealkylation sites (tertiary alicyclic amines) is 1. The number of halogens is 2. The standard InChI is InChI=1S/C13H18Cl2N4O/c1-8(2)19-5-3-9(4-6-19)16-13(20)10-7-11(14)17-18-12(10)15/h7-9H,3-6H2,1-2H3,(H,16,20). The second-order valence-corrected chi connectivity index (χ2v) is 5.99. The molecule has 7 heteroatoms. The molecule has 2 heterocycles. The van der Waals surface area contributed by atoms with E-state index in [-0.39, 0.29) is 27.8 Å². The molecule has 1 aliphatic heterocycles. The highest BCUT2D eigenvalue weighted by molar-refractivity contribution is 6.34. The number of rotatable bonds is 3. The molecular weight excluding hydrogens is 299 g/mol. The first-order valence-corrected chi connectivity index (χ1v) is 7.46. The first kappa shape index (κ1) is 15.5. The van der Waals surface area contributed by atoms with Crippen LogP contribution < -0.4 is 5.32 Å². The Bertz CT molecular complexity index is 487. The highest BCUT2D eigenvalue weighted by atomic mass is 35.5. The fourth-order valence-electron chi connectivity index (χ4n) is 2.34. The third kappa shape index (κ3) is 3.81. The lowest BCUT2D eigenvalue weighted by Gasteiger charge is -2.34. The lowest BCUT2D eigenvalue weighted by molar-refractivity contribution is 0.0900. The van der Waals surface area contributed by atoms with Crippen molar-refractivity contribution in [1.82, 2.24) is 20.4 Å². The SMILES string of the molecule is CC(C)N1CCC(NC(=O)c2cc(Cl)nnc2Cl)CC1. The van der Waals surface area contributed by atoms with E-state index < -0.39 is 0 Å². The summed E-state index contributed by atoms with van der Waals surface area (Å²) >= 11 is 11.6. The lowest BCUT2D eigenvalue weighted by atomic mass is 10.0. The zero-order valence-corrected chi connectivity index (χ0v) is 13.1. The molecule has 0 bridgehead atoms. The molecule has 0 aliphatic carbocycles. The summed E-state index contributed by atoms with van der Waals surface area (Å²) in [5.74, 6) is -0.241. The van der Waals surface area contributed by atoms with Gasteiger partial charge in [0, 0.05) is 25.2 Å². The Labute approximate surface area is 128 Å². The maximum Gasteiger partial charge on any atom is 0.254 e. The van der Waals surface area contributed by atoms with Crippen molar-refractivity contribution in [2.75, 3.05) is 13.1 Å². The molecule has 1 aliphatic rings. The van der Waals surface area contributed by atoms with E-state index in [1.54, 1.807) is 0 Å². The number of piperidine rings is 1. The van der Waals surface area contributed by atoms with E-state index in [0.717, 1.165) is 25.9 Å². The van der Waals surface area contributed by atoms with Gasteiger partial charge in [-0.2, -0.15) is 0 Å². The summed E-state index contributed by atoms with van der Waals surface area (Å²) in [7, 11) is 0. The highest BCUT2D eigenvalue weighted by Gasteiger charge is 2.23. The molecule has 0 aromatic carbocycles. The van der Waals surface area contributed by atoms with Crippen molar-refractivity contribution in [3.63, 3.8) is 0 Å². The van der Waals surface area contributed by atoms with Crippen LogP contribution in [0.3, 0.4) is 0 Å². The largest absolute Gasteiger partial charge is 0.349 e. The molecule has 1 aromatic heterocycles. The Hall–Kier alpha value is -0.910. The van der Waals surface area contributed by atoms with Crippen LogP contribution in [-0.2, 0) is 0 Å². The van der Waals surface area contributed by atoms with E-state index >= 15 is 0 Å². The van der Waals surface area contributed by atoms with Crippen molar-refractivity contribution >= 4 is 29.1 Å². The van der Waals surface area contributed by atoms with Crippen LogP contribution in [0.5, 0.6) is 0 Å². The molecule has 110 valence electrons. The Morgan fingerprint density at radius 2 is 2.00 bits per heavy atom. The predicted octanol–water partition coefficient (Wildman–Crippen LogP) is 2.39. The molecule has 1 saturated heterocycles. The molecule has 0 saturated carbocycles. The fraction of sp³-hybridized carbons (Fsp3) is 0.615. The van der Waals surface area contributed by atoms with E-state index in [0.29, 0.717) is 6.04 Å². The number of hydrogen-bond donors (Lipinski definition) is 1. The molecule has 0 atom stereocenters. The normalized spacial score (nSPS) is 17.4. The molecule has 0 radical (unpaired) electrons. The fourth-order valence-corrected chi connectivity index (χ4v) is 2.66. The summed E-state index contributed by atoms with van der Waals surface area (Å²) in [6, 6.07) is 2.15. The van der Waals surface area contributed by atoms with E-state index in [1.807, 2.05) is 0 Å². The topological polar surface area (TPSA) is 58.1 Å². The van der Waals surface area contributed by atoms with Crippen LogP contribution in [-0.4, -0.2) is 46.2 Å². The Morgan fingerprint density at radius 3 is 2.60 bits per heavy atom. The quantitative estimate of drug-likeness (QED) is 0.930. The minimum Gasteiger partial charge on any atom is -0.349 e. The van der Waals surface area contributed by atoms with Crippen LogP contribution in [0.2, 0.25) is 10.3 Å². The summed E-state index contributed by atoms with van der Waals surface area (Å²) in [6.45, 7) is 6.35. The average Bonchev–Trinajstić information content (AvgIpc) is 2.42. The molecule has 1 aromatic rings. The van der Waals surface area contributed by atoms with Gasteiger partial charge in [-0.15, -0.1) is 10.2 Å². The van der Waals surface area contributed by atoms with Crippen LogP contribution in [0, 0.1) is 0 Å². The van der Waals surface area contributed by atoms with Gasteiger partial charge in [-0.1, -0.05) is 23.2 Å². The molecule has 1 N–H and O–H groups in total. The molecule has 0 spiro atoms. The van der Waals surface area contributed by atoms with E-state index in [1.165, 1.54) is 6.07 Å². The van der Waals surface area contributed by atoms with Crippen molar-refractivity contribution < 1.29 is 4.79 Å². The van der Waals surface area contributed by atoms with Crippen molar-refractivity contribution in [3.05, 3.63) is 21.9 Å². The molecule has 5 nitrogen and oxygen atoms in total. The summed E-state index contributed by atoms with van der Waals surface area (Å²) in [6.07, 6.45) is 1.88. The smallest absolute Gasteiger partial charge is 0.254 e. The van der Waals surface area contributed by atoms with Crippen LogP contribution >= 0.6 is 23.2 Å². The molecule has 1 fully saturated rings. The zero-order valence-electron chi connectivity index (χ0n) is 11.6. The van der Waals surface area contributed by atoms with Gasteiger partial charge in [0.1, 0.15) is 0 Å². The van der Waals surface area contributed by atoms with Crippen molar-refractivity contribution in [2.24, 2.45) is 0 Å². The highest BCUT2D eigenvalue weighted by Crippen LogP contribution is 2.17. The summed E-state index contributed by atoms with van der Waals surface area (Å²) in [5, 5.41) is 10.5. The summed E-state index contributed by atoms with van der Waals surface area (Å²) < 4.78 is 0. The molecule has 2 rings (SSSR count). The third-order valence-corrected chi connectivity index (χ3v) is 4.02. The van der Waals surface area contributed by atoms with Gasteiger partial charge in [0.05, 0.1) is 5.56 Å². The number of hydrogen-bond acceptors (Lipinski definition) is 4. The molecule has 1 amide bonds. The predicted molar refractivity (Wildman–Crippen MR) is 79.2 cm³/mol. The number of amides is 1. The number of aromatic nitrogens is 2. The first-order chi connectivity index (χ1) is 9.47. The number of nitrogens with zero attached hydrogens (tertiary/aromatic N) is 3. The number of carbonyl (C=O) groups is 1. The summed E-state index contributed by atoms with van der Waals surface area (Å²) in [4.78, 5) is 14.6. The van der Waals surface area contributed by atoms with Gasteiger partial charge in [0.25, 0.3) is 5.91 Å². The van der Waals surface area contributed by atoms with Crippen LogP contribution in [0.25, 0.3) is 0 Å². The number of carbonyl (C=O) groups excluding carboxylic acids is 1. The maximum atomic E-state index is 12.2. The summed E-state index contributed by atoms with van der Waals surface area (Å²) in [5.41, 5.74) is 0.276. The van der Waals surface area contributed by atoms with Gasteiger partial charge >= 0.3 is 0 Å². The van der Waals surface area contributed by atoms with Gasteiger partial charge in [-0.25, -0.2) is 0 Å². The number of nitrogens with one attached hydrogen (secondary N) is 1. The van der Waals surface area contributed by atoms with Gasteiger partial charge in [-0.3, -0.25) is 4.79 Å².